The lowest BCUT2D eigenvalue weighted by Gasteiger charge is -2.40. The molecule has 1 aromatic carbocycles. The number of aryl methyl sites for hydroxylation is 1. The Labute approximate surface area is 140 Å². The zero-order valence-electron chi connectivity index (χ0n) is 13.8. The maximum atomic E-state index is 12.4. The standard InChI is InChI=1S/C19H24O3S/c1-15-5-7-18(8-6-15)23(20)12-9-17-13-16(2)22-19(14-17)10-3-4-11-21-19/h5-9,12,14,16H,3-4,10-11,13H2,1-2H3/b12-9-/t16-,19-,23?/m0/s1. The molecule has 23 heavy (non-hydrogen) atoms. The Morgan fingerprint density at radius 3 is 2.74 bits per heavy atom. The molecule has 0 N–H and O–H groups in total. The summed E-state index contributed by atoms with van der Waals surface area (Å²) < 4.78 is 24.3. The summed E-state index contributed by atoms with van der Waals surface area (Å²) in [6, 6.07) is 7.81. The fourth-order valence-electron chi connectivity index (χ4n) is 3.10. The molecule has 3 rings (SSSR count). The SMILES string of the molecule is Cc1ccc(S(=O)/C=C\C2=C[C@]3(CCCCO3)O[C@@H](C)C2)cc1. The average molecular weight is 332 g/mol. The summed E-state index contributed by atoms with van der Waals surface area (Å²) in [5.74, 6) is -0.569. The van der Waals surface area contributed by atoms with Crippen molar-refractivity contribution in [2.75, 3.05) is 6.61 Å². The summed E-state index contributed by atoms with van der Waals surface area (Å²) in [5, 5.41) is 1.77. The molecule has 0 aliphatic carbocycles. The molecule has 2 heterocycles. The first-order valence-electron chi connectivity index (χ1n) is 8.25. The molecule has 3 atom stereocenters. The fourth-order valence-corrected chi connectivity index (χ4v) is 3.96. The minimum Gasteiger partial charge on any atom is -0.346 e. The van der Waals surface area contributed by atoms with Gasteiger partial charge in [0.2, 0.25) is 0 Å². The molecule has 0 bridgehead atoms. The molecular formula is C19H24O3S. The molecule has 0 radical (unpaired) electrons. The highest BCUT2D eigenvalue weighted by atomic mass is 32.2. The van der Waals surface area contributed by atoms with Gasteiger partial charge in [0.05, 0.1) is 23.5 Å². The third kappa shape index (κ3) is 4.19. The van der Waals surface area contributed by atoms with Crippen molar-refractivity contribution in [2.24, 2.45) is 0 Å². The molecule has 4 heteroatoms. The summed E-state index contributed by atoms with van der Waals surface area (Å²) in [6.07, 6.45) is 8.10. The Kier molecular flexibility index (Phi) is 5.14. The molecule has 1 fully saturated rings. The predicted octanol–water partition coefficient (Wildman–Crippen LogP) is 4.25. The van der Waals surface area contributed by atoms with Crippen molar-refractivity contribution in [1.82, 2.24) is 0 Å². The van der Waals surface area contributed by atoms with Gasteiger partial charge in [-0.1, -0.05) is 17.7 Å². The molecule has 0 aromatic heterocycles. The van der Waals surface area contributed by atoms with Crippen molar-refractivity contribution in [3.8, 4) is 0 Å². The minimum atomic E-state index is -1.12. The number of benzene rings is 1. The quantitative estimate of drug-likeness (QED) is 0.830. The molecule has 3 nitrogen and oxygen atoms in total. The number of hydrogen-bond acceptors (Lipinski definition) is 3. The molecule has 1 spiro atoms. The number of rotatable bonds is 3. The van der Waals surface area contributed by atoms with E-state index in [2.05, 4.69) is 13.0 Å². The van der Waals surface area contributed by atoms with Gasteiger partial charge in [-0.2, -0.15) is 0 Å². The second kappa shape index (κ2) is 7.12. The Morgan fingerprint density at radius 1 is 1.26 bits per heavy atom. The van der Waals surface area contributed by atoms with Gasteiger partial charge in [0, 0.05) is 16.7 Å². The molecule has 1 unspecified atom stereocenters. The van der Waals surface area contributed by atoms with Crippen LogP contribution in [0, 0.1) is 6.92 Å². The molecule has 124 valence electrons. The van der Waals surface area contributed by atoms with Crippen molar-refractivity contribution in [1.29, 1.82) is 0 Å². The topological polar surface area (TPSA) is 35.5 Å². The summed E-state index contributed by atoms with van der Waals surface area (Å²) in [6.45, 7) is 4.84. The second-order valence-corrected chi connectivity index (χ2v) is 7.72. The average Bonchev–Trinajstić information content (AvgIpc) is 2.53. The summed E-state index contributed by atoms with van der Waals surface area (Å²) in [7, 11) is -1.12. The summed E-state index contributed by atoms with van der Waals surface area (Å²) >= 11 is 0. The van der Waals surface area contributed by atoms with Gasteiger partial charge in [0.25, 0.3) is 0 Å². The van der Waals surface area contributed by atoms with Crippen LogP contribution < -0.4 is 0 Å². The first kappa shape index (κ1) is 16.6. The normalized spacial score (nSPS) is 29.7. The number of ether oxygens (including phenoxy) is 2. The Balaban J connectivity index is 1.75. The van der Waals surface area contributed by atoms with E-state index in [1.165, 1.54) is 5.56 Å². The molecule has 1 aromatic rings. The van der Waals surface area contributed by atoms with E-state index in [-0.39, 0.29) is 6.10 Å². The molecule has 2 aliphatic rings. The Morgan fingerprint density at radius 2 is 2.04 bits per heavy atom. The Hall–Kier alpha value is -1.23. The first-order valence-corrected chi connectivity index (χ1v) is 9.47. The van der Waals surface area contributed by atoms with Crippen molar-refractivity contribution < 1.29 is 13.7 Å². The van der Waals surface area contributed by atoms with E-state index < -0.39 is 16.6 Å². The van der Waals surface area contributed by atoms with E-state index in [0.717, 1.165) is 42.8 Å². The van der Waals surface area contributed by atoms with Crippen LogP contribution in [0.1, 0.15) is 38.2 Å². The number of hydrogen-bond donors (Lipinski definition) is 0. The van der Waals surface area contributed by atoms with Crippen LogP contribution in [0.3, 0.4) is 0 Å². The smallest absolute Gasteiger partial charge is 0.188 e. The minimum absolute atomic E-state index is 0.116. The lowest BCUT2D eigenvalue weighted by Crippen LogP contribution is -2.42. The van der Waals surface area contributed by atoms with Gasteiger partial charge in [0.15, 0.2) is 5.79 Å². The summed E-state index contributed by atoms with van der Waals surface area (Å²) in [4.78, 5) is 0.830. The van der Waals surface area contributed by atoms with E-state index in [1.54, 1.807) is 5.41 Å². The lowest BCUT2D eigenvalue weighted by molar-refractivity contribution is -0.247. The van der Waals surface area contributed by atoms with E-state index in [4.69, 9.17) is 9.47 Å². The van der Waals surface area contributed by atoms with E-state index in [1.807, 2.05) is 37.3 Å². The summed E-state index contributed by atoms with van der Waals surface area (Å²) in [5.41, 5.74) is 2.32. The maximum Gasteiger partial charge on any atom is 0.188 e. The van der Waals surface area contributed by atoms with Crippen LogP contribution in [0.2, 0.25) is 0 Å². The van der Waals surface area contributed by atoms with Crippen molar-refractivity contribution >= 4 is 10.8 Å². The largest absolute Gasteiger partial charge is 0.346 e. The van der Waals surface area contributed by atoms with Crippen molar-refractivity contribution in [3.05, 3.63) is 53.0 Å². The van der Waals surface area contributed by atoms with Crippen LogP contribution in [0.4, 0.5) is 0 Å². The highest BCUT2D eigenvalue weighted by molar-refractivity contribution is 7.88. The predicted molar refractivity (Wildman–Crippen MR) is 92.5 cm³/mol. The molecule has 2 aliphatic heterocycles. The van der Waals surface area contributed by atoms with Crippen LogP contribution >= 0.6 is 0 Å². The van der Waals surface area contributed by atoms with E-state index in [9.17, 15) is 4.21 Å². The van der Waals surface area contributed by atoms with E-state index >= 15 is 0 Å². The van der Waals surface area contributed by atoms with Gasteiger partial charge >= 0.3 is 0 Å². The molecule has 0 saturated carbocycles. The maximum absolute atomic E-state index is 12.4. The van der Waals surface area contributed by atoms with Crippen molar-refractivity contribution in [2.45, 2.75) is 56.3 Å². The van der Waals surface area contributed by atoms with Gasteiger partial charge in [-0.05, 0) is 63.0 Å². The third-order valence-electron chi connectivity index (χ3n) is 4.25. The number of allylic oxidation sites excluding steroid dienone is 1. The highest BCUT2D eigenvalue weighted by Gasteiger charge is 2.37. The molecule has 1 saturated heterocycles. The highest BCUT2D eigenvalue weighted by Crippen LogP contribution is 2.35. The van der Waals surface area contributed by atoms with Crippen LogP contribution in [0.5, 0.6) is 0 Å². The Bertz CT molecular complexity index is 625. The zero-order chi connectivity index (χ0) is 16.3. The molecular weight excluding hydrogens is 308 g/mol. The van der Waals surface area contributed by atoms with Gasteiger partial charge in [0.1, 0.15) is 0 Å². The van der Waals surface area contributed by atoms with Crippen LogP contribution in [-0.4, -0.2) is 22.7 Å². The second-order valence-electron chi connectivity index (χ2n) is 6.38. The van der Waals surface area contributed by atoms with Gasteiger partial charge < -0.3 is 9.47 Å². The van der Waals surface area contributed by atoms with Gasteiger partial charge in [-0.3, -0.25) is 0 Å². The van der Waals surface area contributed by atoms with Gasteiger partial charge in [-0.25, -0.2) is 4.21 Å². The van der Waals surface area contributed by atoms with Gasteiger partial charge in [-0.15, -0.1) is 0 Å². The van der Waals surface area contributed by atoms with Crippen LogP contribution in [0.15, 0.2) is 52.3 Å². The van der Waals surface area contributed by atoms with Crippen LogP contribution in [0.25, 0.3) is 0 Å². The third-order valence-corrected chi connectivity index (χ3v) is 5.37. The fraction of sp³-hybridized carbons (Fsp3) is 0.474. The zero-order valence-corrected chi connectivity index (χ0v) is 14.6. The monoisotopic (exact) mass is 332 g/mol. The van der Waals surface area contributed by atoms with Crippen LogP contribution in [-0.2, 0) is 20.3 Å². The van der Waals surface area contributed by atoms with E-state index in [0.29, 0.717) is 0 Å². The lowest BCUT2D eigenvalue weighted by atomic mass is 9.96. The molecule has 0 amide bonds. The van der Waals surface area contributed by atoms with Crippen molar-refractivity contribution in [3.63, 3.8) is 0 Å². The first-order chi connectivity index (χ1) is 11.1.